The molecule has 10 heteroatoms. The Kier molecular flexibility index (Phi) is 5.13. The molecule has 148 valence electrons. The van der Waals surface area contributed by atoms with Crippen LogP contribution >= 0.6 is 11.6 Å². The molecule has 0 unspecified atom stereocenters. The monoisotopic (exact) mass is 412 g/mol. The molecule has 0 radical (unpaired) electrons. The van der Waals surface area contributed by atoms with Crippen LogP contribution in [0.25, 0.3) is 5.69 Å². The molecule has 1 N–H and O–H groups in total. The van der Waals surface area contributed by atoms with Crippen LogP contribution in [0.3, 0.4) is 0 Å². The first kappa shape index (κ1) is 18.9. The van der Waals surface area contributed by atoms with E-state index in [1.807, 2.05) is 6.07 Å². The van der Waals surface area contributed by atoms with Gasteiger partial charge in [-0.1, -0.05) is 29.8 Å². The molecule has 1 aliphatic heterocycles. The summed E-state index contributed by atoms with van der Waals surface area (Å²) in [6, 6.07) is 13.7. The fourth-order valence-corrected chi connectivity index (χ4v) is 3.37. The maximum Gasteiger partial charge on any atom is 0.369 e. The summed E-state index contributed by atoms with van der Waals surface area (Å²) in [7, 11) is 0. The van der Waals surface area contributed by atoms with Crippen molar-refractivity contribution in [2.75, 3.05) is 16.8 Å². The van der Waals surface area contributed by atoms with E-state index in [4.69, 9.17) is 11.6 Å². The summed E-state index contributed by atoms with van der Waals surface area (Å²) < 4.78 is 1.99. The fourth-order valence-electron chi connectivity index (χ4n) is 3.16. The number of aromatic nitrogens is 4. The molecule has 0 saturated carbocycles. The van der Waals surface area contributed by atoms with Crippen molar-refractivity contribution in [1.29, 1.82) is 0 Å². The van der Waals surface area contributed by atoms with Gasteiger partial charge in [0.1, 0.15) is 6.54 Å². The van der Waals surface area contributed by atoms with Crippen LogP contribution in [0.5, 0.6) is 0 Å². The second-order valence-electron chi connectivity index (χ2n) is 6.53. The lowest BCUT2D eigenvalue weighted by Gasteiger charge is -2.16. The highest BCUT2D eigenvalue weighted by atomic mass is 35.5. The van der Waals surface area contributed by atoms with Crippen molar-refractivity contribution >= 4 is 34.8 Å². The number of nitrogens with zero attached hydrogens (tertiary/aromatic N) is 5. The molecule has 2 amide bonds. The van der Waals surface area contributed by atoms with Gasteiger partial charge in [-0.15, -0.1) is 0 Å². The highest BCUT2D eigenvalue weighted by molar-refractivity contribution is 6.32. The first-order valence-corrected chi connectivity index (χ1v) is 9.39. The Hall–Kier alpha value is -3.46. The molecule has 1 saturated heterocycles. The summed E-state index contributed by atoms with van der Waals surface area (Å²) in [6.07, 6.45) is 1.35. The van der Waals surface area contributed by atoms with E-state index in [0.29, 0.717) is 29.4 Å². The number of hydrogen-bond acceptors (Lipinski definition) is 5. The van der Waals surface area contributed by atoms with E-state index >= 15 is 0 Å². The van der Waals surface area contributed by atoms with Crippen LogP contribution < -0.4 is 15.9 Å². The summed E-state index contributed by atoms with van der Waals surface area (Å²) >= 11 is 6.09. The summed E-state index contributed by atoms with van der Waals surface area (Å²) in [5.41, 5.74) is 1.06. The van der Waals surface area contributed by atoms with Crippen molar-refractivity contribution in [1.82, 2.24) is 19.8 Å². The van der Waals surface area contributed by atoms with Crippen molar-refractivity contribution < 1.29 is 9.59 Å². The Morgan fingerprint density at radius 3 is 2.69 bits per heavy atom. The lowest BCUT2D eigenvalue weighted by atomic mass is 10.2. The smallest absolute Gasteiger partial charge is 0.324 e. The van der Waals surface area contributed by atoms with Crippen molar-refractivity contribution in [2.24, 2.45) is 0 Å². The Morgan fingerprint density at radius 1 is 1.10 bits per heavy atom. The molecule has 2 heterocycles. The minimum absolute atomic E-state index is 0.0659. The molecule has 9 nitrogen and oxygen atoms in total. The van der Waals surface area contributed by atoms with Gasteiger partial charge in [-0.05, 0) is 47.2 Å². The highest BCUT2D eigenvalue weighted by Gasteiger charge is 2.22. The van der Waals surface area contributed by atoms with Gasteiger partial charge in [0.05, 0.1) is 10.7 Å². The van der Waals surface area contributed by atoms with E-state index in [9.17, 15) is 14.4 Å². The number of hydrogen-bond donors (Lipinski definition) is 1. The van der Waals surface area contributed by atoms with Crippen LogP contribution in [-0.2, 0) is 16.1 Å². The number of carbonyl (C=O) groups excluding carboxylic acids is 2. The fraction of sp³-hybridized carbons (Fsp3) is 0.211. The molecule has 0 aliphatic carbocycles. The summed E-state index contributed by atoms with van der Waals surface area (Å²) in [6.45, 7) is 0.354. The number of halogens is 1. The summed E-state index contributed by atoms with van der Waals surface area (Å²) in [5.74, 6) is -0.376. The lowest BCUT2D eigenvalue weighted by molar-refractivity contribution is -0.117. The number of rotatable bonds is 5. The van der Waals surface area contributed by atoms with Crippen molar-refractivity contribution in [3.05, 3.63) is 64.0 Å². The SMILES string of the molecule is O=C(Cn1nnn(-c2ccccc2Cl)c1=O)Nc1cccc(N2CCCC2=O)c1. The number of tetrazole rings is 1. The molecule has 1 fully saturated rings. The van der Waals surface area contributed by atoms with Gasteiger partial charge < -0.3 is 10.2 Å². The first-order valence-electron chi connectivity index (χ1n) is 9.01. The standard InChI is InChI=1S/C19H17ClN6O3/c20-15-7-1-2-8-16(15)26-19(29)25(22-23-26)12-17(27)21-13-5-3-6-14(11-13)24-10-4-9-18(24)28/h1-3,5-8,11H,4,9-10,12H2,(H,21,27). The normalized spacial score (nSPS) is 13.7. The molecule has 0 spiro atoms. The van der Waals surface area contributed by atoms with E-state index in [0.717, 1.165) is 21.5 Å². The molecule has 2 aromatic carbocycles. The zero-order valence-corrected chi connectivity index (χ0v) is 16.0. The van der Waals surface area contributed by atoms with Crippen molar-refractivity contribution in [3.63, 3.8) is 0 Å². The largest absolute Gasteiger partial charge is 0.369 e. The van der Waals surface area contributed by atoms with Crippen LogP contribution in [0.4, 0.5) is 11.4 Å². The summed E-state index contributed by atoms with van der Waals surface area (Å²) in [4.78, 5) is 38.5. The van der Waals surface area contributed by atoms with Gasteiger partial charge in [-0.2, -0.15) is 9.36 Å². The van der Waals surface area contributed by atoms with Crippen molar-refractivity contribution in [3.8, 4) is 5.69 Å². The molecule has 0 bridgehead atoms. The third-order valence-corrected chi connectivity index (χ3v) is 4.85. The molecule has 0 atom stereocenters. The second-order valence-corrected chi connectivity index (χ2v) is 6.94. The molecule has 1 aromatic heterocycles. The Bertz CT molecular complexity index is 1140. The van der Waals surface area contributed by atoms with E-state index in [1.54, 1.807) is 47.4 Å². The summed E-state index contributed by atoms with van der Waals surface area (Å²) in [5, 5.41) is 10.6. The van der Waals surface area contributed by atoms with E-state index in [2.05, 4.69) is 15.7 Å². The first-order chi connectivity index (χ1) is 14.0. The topological polar surface area (TPSA) is 102 Å². The minimum atomic E-state index is -0.579. The maximum absolute atomic E-state index is 12.5. The Balaban J connectivity index is 1.48. The van der Waals surface area contributed by atoms with Gasteiger partial charge in [0, 0.05) is 24.3 Å². The third kappa shape index (κ3) is 3.90. The van der Waals surface area contributed by atoms with Gasteiger partial charge >= 0.3 is 5.69 Å². The van der Waals surface area contributed by atoms with Crippen LogP contribution in [-0.4, -0.2) is 38.1 Å². The molecule has 1 aliphatic rings. The molecule has 4 rings (SSSR count). The van der Waals surface area contributed by atoms with Crippen LogP contribution in [0.15, 0.2) is 53.3 Å². The van der Waals surface area contributed by atoms with Crippen LogP contribution in [0, 0.1) is 0 Å². The predicted molar refractivity (Wildman–Crippen MR) is 107 cm³/mol. The molecular formula is C19H17ClN6O3. The minimum Gasteiger partial charge on any atom is -0.324 e. The predicted octanol–water partition coefficient (Wildman–Crippen LogP) is 1.85. The maximum atomic E-state index is 12.5. The molecule has 3 aromatic rings. The number of nitrogens with one attached hydrogen (secondary N) is 1. The average molecular weight is 413 g/mol. The quantitative estimate of drug-likeness (QED) is 0.689. The number of anilines is 2. The van der Waals surface area contributed by atoms with Crippen LogP contribution in [0.2, 0.25) is 5.02 Å². The van der Waals surface area contributed by atoms with Crippen molar-refractivity contribution in [2.45, 2.75) is 19.4 Å². The van der Waals surface area contributed by atoms with Gasteiger partial charge in [0.25, 0.3) is 0 Å². The second kappa shape index (κ2) is 7.88. The van der Waals surface area contributed by atoms with E-state index in [-0.39, 0.29) is 12.5 Å². The number of benzene rings is 2. The number of carbonyl (C=O) groups is 2. The molecular weight excluding hydrogens is 396 g/mol. The number of para-hydroxylation sites is 1. The van der Waals surface area contributed by atoms with E-state index < -0.39 is 11.6 Å². The lowest BCUT2D eigenvalue weighted by Crippen LogP contribution is -2.30. The van der Waals surface area contributed by atoms with Gasteiger partial charge in [-0.25, -0.2) is 4.79 Å². The van der Waals surface area contributed by atoms with E-state index in [1.165, 1.54) is 0 Å². The molecule has 29 heavy (non-hydrogen) atoms. The average Bonchev–Trinajstić information content (AvgIpc) is 3.29. The highest BCUT2D eigenvalue weighted by Crippen LogP contribution is 2.24. The van der Waals surface area contributed by atoms with Gasteiger partial charge in [0.2, 0.25) is 11.8 Å². The Labute approximate surface area is 170 Å². The third-order valence-electron chi connectivity index (χ3n) is 4.53. The zero-order valence-electron chi connectivity index (χ0n) is 15.3. The number of amides is 2. The zero-order chi connectivity index (χ0) is 20.4. The van der Waals surface area contributed by atoms with Gasteiger partial charge in [0.15, 0.2) is 0 Å². The van der Waals surface area contributed by atoms with Gasteiger partial charge in [-0.3, -0.25) is 9.59 Å². The van der Waals surface area contributed by atoms with Crippen LogP contribution in [0.1, 0.15) is 12.8 Å². The Morgan fingerprint density at radius 2 is 1.93 bits per heavy atom.